The zero-order valence-corrected chi connectivity index (χ0v) is 24.9. The average Bonchev–Trinajstić information content (AvgIpc) is 3.39. The van der Waals surface area contributed by atoms with Crippen molar-refractivity contribution in [2.45, 2.75) is 44.4 Å². The van der Waals surface area contributed by atoms with Crippen LogP contribution in [0.2, 0.25) is 0 Å². The molecule has 4 heterocycles. The predicted octanol–water partition coefficient (Wildman–Crippen LogP) is 4.06. The minimum atomic E-state index is -0.563. The van der Waals surface area contributed by atoms with Gasteiger partial charge in [0.25, 0.3) is 5.56 Å². The summed E-state index contributed by atoms with van der Waals surface area (Å²) in [5.41, 5.74) is 10.4. The maximum Gasteiger partial charge on any atom is 0.294 e. The summed E-state index contributed by atoms with van der Waals surface area (Å²) < 4.78 is 1.60. The molecule has 9 nitrogen and oxygen atoms in total. The van der Waals surface area contributed by atoms with Crippen LogP contribution < -0.4 is 21.9 Å². The Hall–Kier alpha value is -3.92. The highest BCUT2D eigenvalue weighted by atomic mass is 35.5. The highest BCUT2D eigenvalue weighted by molar-refractivity contribution is 5.85. The van der Waals surface area contributed by atoms with Crippen molar-refractivity contribution in [3.63, 3.8) is 0 Å². The van der Waals surface area contributed by atoms with Crippen molar-refractivity contribution in [2.24, 2.45) is 0 Å². The molecule has 4 aromatic rings. The number of hydrogen-bond donors (Lipinski definition) is 3. The molecule has 2 aliphatic rings. The summed E-state index contributed by atoms with van der Waals surface area (Å²) in [6.45, 7) is 3.74. The van der Waals surface area contributed by atoms with Crippen LogP contribution in [-0.4, -0.2) is 44.5 Å². The Labute approximate surface area is 257 Å². The van der Waals surface area contributed by atoms with Crippen molar-refractivity contribution in [2.75, 3.05) is 24.1 Å². The number of aromatic nitrogens is 3. The largest absolute Gasteiger partial charge is 0.384 e. The van der Waals surface area contributed by atoms with Crippen molar-refractivity contribution in [3.05, 3.63) is 117 Å². The number of hydrogen-bond acceptors (Lipinski definition) is 7. The smallest absolute Gasteiger partial charge is 0.294 e. The standard InChI is InChI=1S/C31H33N7O2.2ClH/c1-20-23(12-15-27(32)35-20)16-34-30(39)26-14-13-25-17-33-29(31(40)38(25)26)36-24-18-37(19-24)28(21-8-4-2-5-9-21)22-10-6-3-7-11-22;;/h2-12,15,17,24,26,28H,13-14,16,18-19H2,1H3,(H2,32,35)(H,33,36)(H,34,39);2*1H/t26-;;/m0../s1. The fourth-order valence-corrected chi connectivity index (χ4v) is 5.78. The molecule has 11 heteroatoms. The van der Waals surface area contributed by atoms with Gasteiger partial charge in [-0.2, -0.15) is 0 Å². The summed E-state index contributed by atoms with van der Waals surface area (Å²) in [7, 11) is 0. The lowest BCUT2D eigenvalue weighted by molar-refractivity contribution is -0.124. The van der Waals surface area contributed by atoms with Crippen LogP contribution in [0.3, 0.4) is 0 Å². The molecule has 220 valence electrons. The summed E-state index contributed by atoms with van der Waals surface area (Å²) in [5.74, 6) is 0.557. The number of fused-ring (bicyclic) bond motifs is 1. The van der Waals surface area contributed by atoms with E-state index in [1.54, 1.807) is 16.8 Å². The van der Waals surface area contributed by atoms with Crippen LogP contribution >= 0.6 is 24.8 Å². The Balaban J connectivity index is 0.00000202. The van der Waals surface area contributed by atoms with E-state index in [-0.39, 0.29) is 48.4 Å². The zero-order chi connectivity index (χ0) is 27.6. The predicted molar refractivity (Wildman–Crippen MR) is 169 cm³/mol. The van der Waals surface area contributed by atoms with Gasteiger partial charge < -0.3 is 16.4 Å². The van der Waals surface area contributed by atoms with E-state index in [0.29, 0.717) is 31.0 Å². The van der Waals surface area contributed by atoms with Crippen LogP contribution in [0.15, 0.2) is 83.8 Å². The fraction of sp³-hybridized carbons (Fsp3) is 0.290. The van der Waals surface area contributed by atoms with E-state index in [1.165, 1.54) is 11.1 Å². The van der Waals surface area contributed by atoms with E-state index in [1.807, 2.05) is 25.1 Å². The minimum Gasteiger partial charge on any atom is -0.384 e. The highest BCUT2D eigenvalue weighted by Crippen LogP contribution is 2.33. The second kappa shape index (κ2) is 13.4. The van der Waals surface area contributed by atoms with Gasteiger partial charge in [-0.25, -0.2) is 9.97 Å². The van der Waals surface area contributed by atoms with Gasteiger partial charge in [0.15, 0.2) is 5.82 Å². The highest BCUT2D eigenvalue weighted by Gasteiger charge is 2.36. The lowest BCUT2D eigenvalue weighted by Crippen LogP contribution is -2.56. The van der Waals surface area contributed by atoms with Crippen molar-refractivity contribution in [1.82, 2.24) is 24.8 Å². The normalized spacial score (nSPS) is 16.1. The number of nitrogen functional groups attached to an aromatic ring is 1. The Morgan fingerprint density at radius 1 is 1.00 bits per heavy atom. The second-order valence-electron chi connectivity index (χ2n) is 10.5. The molecule has 1 saturated heterocycles. The summed E-state index contributed by atoms with van der Waals surface area (Å²) >= 11 is 0. The molecule has 0 saturated carbocycles. The molecule has 1 atom stereocenters. The SMILES string of the molecule is Cc1nc(N)ccc1CNC(=O)[C@@H]1CCc2cnc(NC3CN(C(c4ccccc4)c4ccccc4)C3)c(=O)n21.Cl.Cl. The number of rotatable bonds is 8. The van der Waals surface area contributed by atoms with Gasteiger partial charge in [-0.3, -0.25) is 19.1 Å². The first-order valence-electron chi connectivity index (χ1n) is 13.7. The topological polar surface area (TPSA) is 118 Å². The van der Waals surface area contributed by atoms with Gasteiger partial charge in [-0.1, -0.05) is 66.7 Å². The Bertz CT molecular complexity index is 1540. The molecule has 0 aliphatic carbocycles. The molecular formula is C31H35Cl2N7O2. The third-order valence-electron chi connectivity index (χ3n) is 7.88. The monoisotopic (exact) mass is 607 g/mol. The summed E-state index contributed by atoms with van der Waals surface area (Å²) in [6.07, 6.45) is 2.92. The molecule has 0 spiro atoms. The number of likely N-dealkylation sites (tertiary alicyclic amines) is 1. The Morgan fingerprint density at radius 3 is 2.26 bits per heavy atom. The minimum absolute atomic E-state index is 0. The third kappa shape index (κ3) is 6.28. The van der Waals surface area contributed by atoms with Gasteiger partial charge in [0.2, 0.25) is 5.91 Å². The first-order chi connectivity index (χ1) is 19.5. The quantitative estimate of drug-likeness (QED) is 0.276. The van der Waals surface area contributed by atoms with Crippen LogP contribution in [-0.2, 0) is 17.8 Å². The fourth-order valence-electron chi connectivity index (χ4n) is 5.78. The van der Waals surface area contributed by atoms with Crippen molar-refractivity contribution < 1.29 is 4.79 Å². The van der Waals surface area contributed by atoms with Crippen LogP contribution in [0, 0.1) is 6.92 Å². The molecule has 0 radical (unpaired) electrons. The molecule has 1 fully saturated rings. The number of benzene rings is 2. The summed E-state index contributed by atoms with van der Waals surface area (Å²) in [6, 6.07) is 24.2. The number of aryl methyl sites for hydroxylation is 2. The first-order valence-corrected chi connectivity index (χ1v) is 13.7. The van der Waals surface area contributed by atoms with Gasteiger partial charge in [0.05, 0.1) is 12.1 Å². The van der Waals surface area contributed by atoms with E-state index in [4.69, 9.17) is 5.73 Å². The molecule has 0 unspecified atom stereocenters. The maximum atomic E-state index is 13.5. The molecule has 1 amide bonds. The van der Waals surface area contributed by atoms with E-state index >= 15 is 0 Å². The average molecular weight is 609 g/mol. The number of nitrogens with two attached hydrogens (primary N) is 1. The molecule has 2 aromatic heterocycles. The molecule has 2 aliphatic heterocycles. The van der Waals surface area contributed by atoms with Gasteiger partial charge in [0.1, 0.15) is 11.9 Å². The van der Waals surface area contributed by atoms with Gasteiger partial charge in [-0.15, -0.1) is 24.8 Å². The maximum absolute atomic E-state index is 13.5. The molecular weight excluding hydrogens is 573 g/mol. The van der Waals surface area contributed by atoms with Crippen LogP contribution in [0.5, 0.6) is 0 Å². The number of nitrogens with one attached hydrogen (secondary N) is 2. The number of carbonyl (C=O) groups is 1. The number of nitrogens with zero attached hydrogens (tertiary/aromatic N) is 4. The summed E-state index contributed by atoms with van der Waals surface area (Å²) in [4.78, 5) is 37.7. The third-order valence-corrected chi connectivity index (χ3v) is 7.88. The molecule has 42 heavy (non-hydrogen) atoms. The van der Waals surface area contributed by atoms with E-state index < -0.39 is 6.04 Å². The number of anilines is 2. The van der Waals surface area contributed by atoms with Crippen LogP contribution in [0.1, 0.15) is 46.6 Å². The van der Waals surface area contributed by atoms with E-state index in [2.05, 4.69) is 74.0 Å². The zero-order valence-electron chi connectivity index (χ0n) is 23.3. The van der Waals surface area contributed by atoms with Crippen molar-refractivity contribution in [1.29, 1.82) is 0 Å². The molecule has 6 rings (SSSR count). The first kappa shape index (κ1) is 31.0. The van der Waals surface area contributed by atoms with Crippen LogP contribution in [0.25, 0.3) is 0 Å². The number of halogens is 2. The Morgan fingerprint density at radius 2 is 1.64 bits per heavy atom. The summed E-state index contributed by atoms with van der Waals surface area (Å²) in [5, 5.41) is 6.33. The van der Waals surface area contributed by atoms with Crippen molar-refractivity contribution >= 4 is 42.4 Å². The number of pyridine rings is 1. The lowest BCUT2D eigenvalue weighted by atomic mass is 9.93. The van der Waals surface area contributed by atoms with E-state index in [0.717, 1.165) is 30.0 Å². The molecule has 0 bridgehead atoms. The lowest BCUT2D eigenvalue weighted by Gasteiger charge is -2.45. The number of amides is 1. The van der Waals surface area contributed by atoms with Crippen LogP contribution in [0.4, 0.5) is 11.6 Å². The number of carbonyl (C=O) groups excluding carboxylic acids is 1. The second-order valence-corrected chi connectivity index (χ2v) is 10.5. The van der Waals surface area contributed by atoms with Gasteiger partial charge in [-0.05, 0) is 42.5 Å². The van der Waals surface area contributed by atoms with Gasteiger partial charge in [0, 0.05) is 37.2 Å². The van der Waals surface area contributed by atoms with Crippen molar-refractivity contribution in [3.8, 4) is 0 Å². The Kier molecular flexibility index (Phi) is 9.88. The van der Waals surface area contributed by atoms with E-state index in [9.17, 15) is 9.59 Å². The van der Waals surface area contributed by atoms with Gasteiger partial charge >= 0.3 is 0 Å². The molecule has 2 aromatic carbocycles. The molecule has 4 N–H and O–H groups in total.